The van der Waals surface area contributed by atoms with Gasteiger partial charge in [0.05, 0.1) is 0 Å². The van der Waals surface area contributed by atoms with E-state index in [0.717, 1.165) is 11.1 Å². The van der Waals surface area contributed by atoms with E-state index in [4.69, 9.17) is 16.0 Å². The van der Waals surface area contributed by atoms with Crippen molar-refractivity contribution < 1.29 is 14.0 Å². The van der Waals surface area contributed by atoms with Gasteiger partial charge in [0, 0.05) is 24.1 Å². The number of amides is 2. The quantitative estimate of drug-likeness (QED) is 0.649. The summed E-state index contributed by atoms with van der Waals surface area (Å²) in [5, 5.41) is 6.21. The number of halogens is 1. The van der Waals surface area contributed by atoms with Crippen molar-refractivity contribution in [3.05, 3.63) is 82.5 Å². The summed E-state index contributed by atoms with van der Waals surface area (Å²) in [5.74, 6) is -0.333. The van der Waals surface area contributed by atoms with Crippen LogP contribution in [0.3, 0.4) is 0 Å². The molecule has 7 heteroatoms. The fraction of sp³-hybridized carbons (Fsp3) is 0.190. The molecule has 0 fully saturated rings. The van der Waals surface area contributed by atoms with Gasteiger partial charge in [-0.1, -0.05) is 41.9 Å². The van der Waals surface area contributed by atoms with Gasteiger partial charge in [0.15, 0.2) is 5.69 Å². The molecule has 144 valence electrons. The van der Waals surface area contributed by atoms with Crippen molar-refractivity contribution in [2.24, 2.45) is 0 Å². The van der Waals surface area contributed by atoms with E-state index in [2.05, 4.69) is 15.6 Å². The minimum atomic E-state index is -0.473. The molecule has 0 aliphatic heterocycles. The Kier molecular flexibility index (Phi) is 6.11. The predicted molar refractivity (Wildman–Crippen MR) is 107 cm³/mol. The molecule has 0 spiro atoms. The highest BCUT2D eigenvalue weighted by Gasteiger charge is 2.21. The number of hydrogen-bond donors (Lipinski definition) is 2. The number of carbonyl (C=O) groups is 2. The van der Waals surface area contributed by atoms with Crippen LogP contribution in [0, 0.1) is 6.92 Å². The molecule has 0 saturated carbocycles. The maximum absolute atomic E-state index is 12.5. The summed E-state index contributed by atoms with van der Waals surface area (Å²) in [6.45, 7) is 3.28. The zero-order chi connectivity index (χ0) is 20.1. The standard InChI is InChI=1S/C21H20ClN3O3/c1-13-10-16(22)8-9-17(13)24-20(27)19-12-28-21(25-19)18(23-14(2)26)11-15-6-4-3-5-7-15/h3-10,12,18H,11H2,1-2H3,(H,23,26)(H,24,27)/t18-/m1/s1. The topological polar surface area (TPSA) is 84.2 Å². The molecule has 28 heavy (non-hydrogen) atoms. The smallest absolute Gasteiger partial charge is 0.277 e. The summed E-state index contributed by atoms with van der Waals surface area (Å²) >= 11 is 5.94. The van der Waals surface area contributed by atoms with Crippen molar-refractivity contribution in [2.45, 2.75) is 26.3 Å². The highest BCUT2D eigenvalue weighted by Crippen LogP contribution is 2.22. The molecule has 0 bridgehead atoms. The van der Waals surface area contributed by atoms with Gasteiger partial charge in [-0.05, 0) is 36.2 Å². The molecule has 0 aliphatic carbocycles. The maximum Gasteiger partial charge on any atom is 0.277 e. The van der Waals surface area contributed by atoms with Crippen LogP contribution in [0.2, 0.25) is 5.02 Å². The molecule has 0 aliphatic rings. The number of anilines is 1. The largest absolute Gasteiger partial charge is 0.446 e. The molecular formula is C21H20ClN3O3. The number of hydrogen-bond acceptors (Lipinski definition) is 4. The van der Waals surface area contributed by atoms with Crippen LogP contribution in [0.1, 0.15) is 40.5 Å². The molecule has 2 N–H and O–H groups in total. The first kappa shape index (κ1) is 19.6. The molecule has 1 heterocycles. The summed E-state index contributed by atoms with van der Waals surface area (Å²) in [4.78, 5) is 28.4. The third-order valence-corrected chi connectivity index (χ3v) is 4.38. The lowest BCUT2D eigenvalue weighted by Gasteiger charge is -2.14. The number of rotatable bonds is 6. The molecule has 0 unspecified atom stereocenters. The summed E-state index contributed by atoms with van der Waals surface area (Å²) in [6, 6.07) is 14.4. The van der Waals surface area contributed by atoms with Crippen LogP contribution in [0.25, 0.3) is 0 Å². The van der Waals surface area contributed by atoms with Gasteiger partial charge in [-0.15, -0.1) is 0 Å². The van der Waals surface area contributed by atoms with Gasteiger partial charge in [-0.25, -0.2) is 4.98 Å². The van der Waals surface area contributed by atoms with E-state index in [-0.39, 0.29) is 17.5 Å². The second-order valence-corrected chi connectivity index (χ2v) is 6.86. The van der Waals surface area contributed by atoms with Crippen molar-refractivity contribution in [3.63, 3.8) is 0 Å². The van der Waals surface area contributed by atoms with E-state index in [0.29, 0.717) is 17.1 Å². The van der Waals surface area contributed by atoms with E-state index in [9.17, 15) is 9.59 Å². The molecule has 0 radical (unpaired) electrons. The Labute approximate surface area is 167 Å². The molecule has 2 amide bonds. The zero-order valence-electron chi connectivity index (χ0n) is 15.5. The molecule has 0 saturated heterocycles. The lowest BCUT2D eigenvalue weighted by atomic mass is 10.1. The summed E-state index contributed by atoms with van der Waals surface area (Å²) in [7, 11) is 0. The third kappa shape index (κ3) is 4.98. The zero-order valence-corrected chi connectivity index (χ0v) is 16.3. The van der Waals surface area contributed by atoms with Gasteiger partial charge in [0.2, 0.25) is 11.8 Å². The van der Waals surface area contributed by atoms with Crippen molar-refractivity contribution in [3.8, 4) is 0 Å². The first-order valence-corrected chi connectivity index (χ1v) is 9.14. The molecule has 1 atom stereocenters. The van der Waals surface area contributed by atoms with Gasteiger partial charge in [-0.2, -0.15) is 0 Å². The van der Waals surface area contributed by atoms with Crippen LogP contribution < -0.4 is 10.6 Å². The van der Waals surface area contributed by atoms with Crippen LogP contribution in [-0.2, 0) is 11.2 Å². The number of nitrogens with zero attached hydrogens (tertiary/aromatic N) is 1. The Morgan fingerprint density at radius 3 is 2.61 bits per heavy atom. The highest BCUT2D eigenvalue weighted by atomic mass is 35.5. The van der Waals surface area contributed by atoms with Crippen molar-refractivity contribution in [1.82, 2.24) is 10.3 Å². The fourth-order valence-corrected chi connectivity index (χ4v) is 3.03. The minimum Gasteiger partial charge on any atom is -0.446 e. The first-order chi connectivity index (χ1) is 13.4. The molecule has 2 aromatic carbocycles. The maximum atomic E-state index is 12.5. The Morgan fingerprint density at radius 2 is 1.93 bits per heavy atom. The van der Waals surface area contributed by atoms with E-state index in [1.54, 1.807) is 18.2 Å². The Morgan fingerprint density at radius 1 is 1.18 bits per heavy atom. The number of benzene rings is 2. The molecule has 3 rings (SSSR count). The number of oxazole rings is 1. The second-order valence-electron chi connectivity index (χ2n) is 6.43. The number of aromatic nitrogens is 1. The van der Waals surface area contributed by atoms with Crippen molar-refractivity contribution in [2.75, 3.05) is 5.32 Å². The molecular weight excluding hydrogens is 378 g/mol. The molecule has 6 nitrogen and oxygen atoms in total. The highest BCUT2D eigenvalue weighted by molar-refractivity contribution is 6.30. The van der Waals surface area contributed by atoms with Crippen LogP contribution in [0.4, 0.5) is 5.69 Å². The van der Waals surface area contributed by atoms with Gasteiger partial charge < -0.3 is 15.1 Å². The van der Waals surface area contributed by atoms with Crippen molar-refractivity contribution >= 4 is 29.1 Å². The lowest BCUT2D eigenvalue weighted by molar-refractivity contribution is -0.119. The summed E-state index contributed by atoms with van der Waals surface area (Å²) < 4.78 is 5.50. The van der Waals surface area contributed by atoms with Crippen LogP contribution in [0.5, 0.6) is 0 Å². The lowest BCUT2D eigenvalue weighted by Crippen LogP contribution is -2.28. The Bertz CT molecular complexity index is 986. The summed E-state index contributed by atoms with van der Waals surface area (Å²) in [5.41, 5.74) is 2.63. The van der Waals surface area contributed by atoms with Crippen molar-refractivity contribution in [1.29, 1.82) is 0 Å². The molecule has 1 aromatic heterocycles. The SMILES string of the molecule is CC(=O)N[C@H](Cc1ccccc1)c1nc(C(=O)Nc2ccc(Cl)cc2C)co1. The Balaban J connectivity index is 1.77. The predicted octanol–water partition coefficient (Wildman–Crippen LogP) is 4.31. The van der Waals surface area contributed by atoms with Gasteiger partial charge in [0.25, 0.3) is 5.91 Å². The number of nitrogens with one attached hydrogen (secondary N) is 2. The minimum absolute atomic E-state index is 0.132. The van der Waals surface area contributed by atoms with Gasteiger partial charge in [0.1, 0.15) is 12.3 Å². The Hall–Kier alpha value is -3.12. The summed E-state index contributed by atoms with van der Waals surface area (Å²) in [6.07, 6.45) is 1.79. The van der Waals surface area contributed by atoms with Crippen LogP contribution >= 0.6 is 11.6 Å². The van der Waals surface area contributed by atoms with Crippen LogP contribution in [0.15, 0.2) is 59.2 Å². The number of carbonyl (C=O) groups excluding carboxylic acids is 2. The molecule has 3 aromatic rings. The number of aryl methyl sites for hydroxylation is 1. The average Bonchev–Trinajstić information content (AvgIpc) is 3.14. The monoisotopic (exact) mass is 397 g/mol. The second kappa shape index (κ2) is 8.71. The normalized spacial score (nSPS) is 11.7. The van der Waals surface area contributed by atoms with E-state index in [1.165, 1.54) is 13.2 Å². The van der Waals surface area contributed by atoms with E-state index < -0.39 is 11.9 Å². The first-order valence-electron chi connectivity index (χ1n) is 8.76. The van der Waals surface area contributed by atoms with Gasteiger partial charge in [-0.3, -0.25) is 9.59 Å². The third-order valence-electron chi connectivity index (χ3n) is 4.15. The van der Waals surface area contributed by atoms with Crippen LogP contribution in [-0.4, -0.2) is 16.8 Å². The van der Waals surface area contributed by atoms with E-state index in [1.807, 2.05) is 37.3 Å². The average molecular weight is 398 g/mol. The van der Waals surface area contributed by atoms with Gasteiger partial charge >= 0.3 is 0 Å². The van der Waals surface area contributed by atoms with E-state index >= 15 is 0 Å². The fourth-order valence-electron chi connectivity index (χ4n) is 2.80.